The first-order valence-corrected chi connectivity index (χ1v) is 9.57. The summed E-state index contributed by atoms with van der Waals surface area (Å²) in [4.78, 5) is 36.4. The number of carbonyl (C=O) groups excluding carboxylic acids is 2. The van der Waals surface area contributed by atoms with Gasteiger partial charge in [-0.15, -0.1) is 0 Å². The van der Waals surface area contributed by atoms with Crippen LogP contribution in [-0.2, 0) is 20.8 Å². The number of carboxylic acid groups (broad SMARTS) is 1. The molecule has 8 nitrogen and oxygen atoms in total. The zero-order valence-corrected chi connectivity index (χ0v) is 16.6. The number of carboxylic acids is 1. The van der Waals surface area contributed by atoms with Gasteiger partial charge < -0.3 is 27.2 Å². The van der Waals surface area contributed by atoms with E-state index in [9.17, 15) is 19.5 Å². The molecule has 3 atom stereocenters. The van der Waals surface area contributed by atoms with E-state index in [1.165, 1.54) is 0 Å². The van der Waals surface area contributed by atoms with Crippen LogP contribution >= 0.6 is 0 Å². The van der Waals surface area contributed by atoms with E-state index in [4.69, 9.17) is 11.5 Å². The third kappa shape index (κ3) is 8.49. The van der Waals surface area contributed by atoms with Crippen molar-refractivity contribution in [3.8, 4) is 0 Å². The van der Waals surface area contributed by atoms with Crippen molar-refractivity contribution in [3.05, 3.63) is 35.9 Å². The molecule has 0 radical (unpaired) electrons. The van der Waals surface area contributed by atoms with Crippen LogP contribution in [0.1, 0.15) is 38.7 Å². The molecule has 8 heteroatoms. The second-order valence-corrected chi connectivity index (χ2v) is 7.32. The molecule has 0 aliphatic heterocycles. The quantitative estimate of drug-likeness (QED) is 0.348. The van der Waals surface area contributed by atoms with Crippen LogP contribution in [-0.4, -0.2) is 47.6 Å². The summed E-state index contributed by atoms with van der Waals surface area (Å²) in [5.74, 6) is -2.01. The summed E-state index contributed by atoms with van der Waals surface area (Å²) >= 11 is 0. The molecule has 0 bridgehead atoms. The third-order valence-corrected chi connectivity index (χ3v) is 4.29. The molecular formula is C20H32N4O4. The largest absolute Gasteiger partial charge is 0.480 e. The van der Waals surface area contributed by atoms with Gasteiger partial charge in [0, 0.05) is 0 Å². The summed E-state index contributed by atoms with van der Waals surface area (Å²) in [5.41, 5.74) is 12.4. The van der Waals surface area contributed by atoms with Gasteiger partial charge >= 0.3 is 5.97 Å². The van der Waals surface area contributed by atoms with Gasteiger partial charge in [0.2, 0.25) is 11.8 Å². The van der Waals surface area contributed by atoms with Crippen molar-refractivity contribution in [1.82, 2.24) is 10.6 Å². The fourth-order valence-electron chi connectivity index (χ4n) is 2.80. The summed E-state index contributed by atoms with van der Waals surface area (Å²) < 4.78 is 0. The molecule has 0 saturated carbocycles. The predicted octanol–water partition coefficient (Wildman–Crippen LogP) is 0.396. The van der Waals surface area contributed by atoms with Crippen molar-refractivity contribution in [3.63, 3.8) is 0 Å². The molecule has 0 saturated heterocycles. The number of amides is 2. The van der Waals surface area contributed by atoms with Crippen molar-refractivity contribution >= 4 is 17.8 Å². The number of nitrogens with one attached hydrogen (secondary N) is 2. The molecule has 1 aromatic carbocycles. The molecule has 0 fully saturated rings. The van der Waals surface area contributed by atoms with Crippen molar-refractivity contribution in [2.24, 2.45) is 17.4 Å². The van der Waals surface area contributed by atoms with E-state index >= 15 is 0 Å². The minimum atomic E-state index is -1.10. The van der Waals surface area contributed by atoms with Crippen LogP contribution in [0.4, 0.5) is 0 Å². The summed E-state index contributed by atoms with van der Waals surface area (Å²) in [6, 6.07) is 6.62. The molecular weight excluding hydrogens is 360 g/mol. The van der Waals surface area contributed by atoms with E-state index in [0.29, 0.717) is 32.2 Å². The number of hydrogen-bond donors (Lipinski definition) is 5. The smallest absolute Gasteiger partial charge is 0.326 e. The molecule has 0 aliphatic carbocycles. The molecule has 0 aliphatic rings. The van der Waals surface area contributed by atoms with Crippen molar-refractivity contribution in [1.29, 1.82) is 0 Å². The van der Waals surface area contributed by atoms with E-state index in [0.717, 1.165) is 5.56 Å². The molecule has 0 spiro atoms. The van der Waals surface area contributed by atoms with Gasteiger partial charge in [-0.3, -0.25) is 9.59 Å². The second kappa shape index (κ2) is 12.1. The Bertz CT molecular complexity index is 636. The predicted molar refractivity (Wildman–Crippen MR) is 107 cm³/mol. The van der Waals surface area contributed by atoms with Crippen LogP contribution in [0.25, 0.3) is 0 Å². The van der Waals surface area contributed by atoms with Gasteiger partial charge in [-0.25, -0.2) is 4.79 Å². The van der Waals surface area contributed by atoms with E-state index < -0.39 is 35.9 Å². The Balaban J connectivity index is 2.75. The highest BCUT2D eigenvalue weighted by Gasteiger charge is 2.28. The molecule has 0 aromatic heterocycles. The highest BCUT2D eigenvalue weighted by atomic mass is 16.4. The lowest BCUT2D eigenvalue weighted by Gasteiger charge is -2.23. The number of hydrogen-bond acceptors (Lipinski definition) is 5. The molecule has 156 valence electrons. The summed E-state index contributed by atoms with van der Waals surface area (Å²) in [5, 5.41) is 14.5. The van der Waals surface area contributed by atoms with Crippen LogP contribution in [0.15, 0.2) is 30.3 Å². The first-order valence-electron chi connectivity index (χ1n) is 9.57. The minimum Gasteiger partial charge on any atom is -0.480 e. The zero-order chi connectivity index (χ0) is 21.1. The highest BCUT2D eigenvalue weighted by molar-refractivity contribution is 5.91. The average molecular weight is 393 g/mol. The SMILES string of the molecule is CC(C)C[C@H](NC(=O)[C@H](CCCN)NC(=O)[C@@H](N)Cc1ccccc1)C(=O)O. The summed E-state index contributed by atoms with van der Waals surface area (Å²) in [6.45, 7) is 4.10. The van der Waals surface area contributed by atoms with Gasteiger partial charge in [0.05, 0.1) is 6.04 Å². The van der Waals surface area contributed by atoms with Gasteiger partial charge in [-0.1, -0.05) is 44.2 Å². The maximum absolute atomic E-state index is 12.6. The van der Waals surface area contributed by atoms with Gasteiger partial charge in [0.25, 0.3) is 0 Å². The van der Waals surface area contributed by atoms with E-state index in [1.54, 1.807) is 0 Å². The lowest BCUT2D eigenvalue weighted by atomic mass is 10.0. The topological polar surface area (TPSA) is 148 Å². The van der Waals surface area contributed by atoms with Crippen LogP contribution in [0.3, 0.4) is 0 Å². The van der Waals surface area contributed by atoms with Crippen LogP contribution in [0, 0.1) is 5.92 Å². The summed E-state index contributed by atoms with van der Waals surface area (Å²) in [6.07, 6.45) is 1.45. The lowest BCUT2D eigenvalue weighted by Crippen LogP contribution is -2.55. The van der Waals surface area contributed by atoms with Crippen LogP contribution < -0.4 is 22.1 Å². The van der Waals surface area contributed by atoms with Crippen LogP contribution in [0.5, 0.6) is 0 Å². The van der Waals surface area contributed by atoms with Crippen molar-refractivity contribution in [2.45, 2.75) is 57.7 Å². The number of aliphatic carboxylic acids is 1. The van der Waals surface area contributed by atoms with Gasteiger partial charge in [-0.2, -0.15) is 0 Å². The Labute approximate surface area is 166 Å². The van der Waals surface area contributed by atoms with Crippen molar-refractivity contribution < 1.29 is 19.5 Å². The van der Waals surface area contributed by atoms with E-state index in [1.807, 2.05) is 44.2 Å². The monoisotopic (exact) mass is 392 g/mol. The van der Waals surface area contributed by atoms with E-state index in [-0.39, 0.29) is 5.92 Å². The first kappa shape index (κ1) is 23.6. The number of nitrogens with two attached hydrogens (primary N) is 2. The first-order chi connectivity index (χ1) is 13.2. The number of carbonyl (C=O) groups is 3. The molecule has 0 unspecified atom stereocenters. The fourth-order valence-corrected chi connectivity index (χ4v) is 2.80. The maximum atomic E-state index is 12.6. The van der Waals surface area contributed by atoms with Gasteiger partial charge in [0.15, 0.2) is 0 Å². The molecule has 0 heterocycles. The highest BCUT2D eigenvalue weighted by Crippen LogP contribution is 2.07. The van der Waals surface area contributed by atoms with Crippen LogP contribution in [0.2, 0.25) is 0 Å². The number of rotatable bonds is 12. The van der Waals surface area contributed by atoms with Gasteiger partial charge in [-0.05, 0) is 43.7 Å². The average Bonchev–Trinajstić information content (AvgIpc) is 2.64. The Kier molecular flexibility index (Phi) is 10.2. The summed E-state index contributed by atoms with van der Waals surface area (Å²) in [7, 11) is 0. The molecule has 7 N–H and O–H groups in total. The standard InChI is InChI=1S/C20H32N4O4/c1-13(2)11-17(20(27)28)24-19(26)16(9-6-10-21)23-18(25)15(22)12-14-7-4-3-5-8-14/h3-5,7-8,13,15-17H,6,9-12,21-22H2,1-2H3,(H,23,25)(H,24,26)(H,27,28)/t15-,16-,17-/m0/s1. The fraction of sp³-hybridized carbons (Fsp3) is 0.550. The Morgan fingerprint density at radius 3 is 2.18 bits per heavy atom. The molecule has 1 rings (SSSR count). The van der Waals surface area contributed by atoms with Gasteiger partial charge in [0.1, 0.15) is 12.1 Å². The minimum absolute atomic E-state index is 0.0952. The Hall–Kier alpha value is -2.45. The normalized spacial score (nSPS) is 14.2. The molecule has 28 heavy (non-hydrogen) atoms. The third-order valence-electron chi connectivity index (χ3n) is 4.29. The Morgan fingerprint density at radius 2 is 1.64 bits per heavy atom. The Morgan fingerprint density at radius 1 is 1.04 bits per heavy atom. The van der Waals surface area contributed by atoms with Crippen molar-refractivity contribution in [2.75, 3.05) is 6.54 Å². The van der Waals surface area contributed by atoms with E-state index in [2.05, 4.69) is 10.6 Å². The second-order valence-electron chi connectivity index (χ2n) is 7.32. The zero-order valence-electron chi connectivity index (χ0n) is 16.6. The molecule has 1 aromatic rings. The lowest BCUT2D eigenvalue weighted by molar-refractivity contribution is -0.142. The number of benzene rings is 1. The maximum Gasteiger partial charge on any atom is 0.326 e. The molecule has 2 amide bonds.